The third-order valence-corrected chi connectivity index (χ3v) is 4.29. The van der Waals surface area contributed by atoms with E-state index in [9.17, 15) is 10.1 Å². The van der Waals surface area contributed by atoms with Crippen LogP contribution in [0.25, 0.3) is 6.08 Å². The Balaban J connectivity index is 2.26. The SMILES string of the molecule is CCc1nnc(NC(=O)/C(C#N)=C\c2c(Cl)cccc2Cl)s1. The number of carbonyl (C=O) groups is 1. The number of nitriles is 1. The van der Waals surface area contributed by atoms with Crippen LogP contribution in [-0.4, -0.2) is 16.1 Å². The topological polar surface area (TPSA) is 78.7 Å². The maximum absolute atomic E-state index is 12.1. The van der Waals surface area contributed by atoms with Gasteiger partial charge in [0.15, 0.2) is 0 Å². The van der Waals surface area contributed by atoms with Crippen LogP contribution in [0.3, 0.4) is 0 Å². The van der Waals surface area contributed by atoms with Gasteiger partial charge in [-0.3, -0.25) is 10.1 Å². The van der Waals surface area contributed by atoms with Crippen molar-refractivity contribution in [1.82, 2.24) is 10.2 Å². The molecule has 1 aromatic carbocycles. The smallest absolute Gasteiger partial charge is 0.268 e. The number of aromatic nitrogens is 2. The molecule has 2 aromatic rings. The highest BCUT2D eigenvalue weighted by atomic mass is 35.5. The summed E-state index contributed by atoms with van der Waals surface area (Å²) in [5.41, 5.74) is 0.298. The minimum absolute atomic E-state index is 0.122. The lowest BCUT2D eigenvalue weighted by molar-refractivity contribution is -0.112. The Labute approximate surface area is 141 Å². The first kappa shape index (κ1) is 16.4. The fourth-order valence-corrected chi connectivity index (χ4v) is 2.73. The number of amides is 1. The van der Waals surface area contributed by atoms with Gasteiger partial charge in [-0.2, -0.15) is 5.26 Å². The summed E-state index contributed by atoms with van der Waals surface area (Å²) < 4.78 is 0. The lowest BCUT2D eigenvalue weighted by atomic mass is 10.1. The second kappa shape index (κ2) is 7.36. The van der Waals surface area contributed by atoms with Crippen LogP contribution in [0.4, 0.5) is 5.13 Å². The minimum atomic E-state index is -0.586. The lowest BCUT2D eigenvalue weighted by Gasteiger charge is -2.03. The van der Waals surface area contributed by atoms with Crippen molar-refractivity contribution in [3.8, 4) is 6.07 Å². The van der Waals surface area contributed by atoms with Crippen LogP contribution < -0.4 is 5.32 Å². The molecule has 1 heterocycles. The molecular formula is C14H10Cl2N4OS. The molecule has 0 atom stereocenters. The third-order valence-electron chi connectivity index (χ3n) is 2.64. The first-order chi connectivity index (χ1) is 10.5. The molecule has 1 N–H and O–H groups in total. The number of hydrogen-bond acceptors (Lipinski definition) is 5. The Kier molecular flexibility index (Phi) is 5.50. The van der Waals surface area contributed by atoms with E-state index in [1.807, 2.05) is 13.0 Å². The van der Waals surface area contributed by atoms with Crippen molar-refractivity contribution in [3.63, 3.8) is 0 Å². The van der Waals surface area contributed by atoms with Gasteiger partial charge in [-0.05, 0) is 24.6 Å². The molecule has 0 unspecified atom stereocenters. The summed E-state index contributed by atoms with van der Waals surface area (Å²) in [5, 5.41) is 21.3. The monoisotopic (exact) mass is 352 g/mol. The average Bonchev–Trinajstić information content (AvgIpc) is 2.94. The summed E-state index contributed by atoms with van der Waals surface area (Å²) in [6.45, 7) is 1.94. The zero-order valence-corrected chi connectivity index (χ0v) is 13.8. The van der Waals surface area contributed by atoms with Crippen LogP contribution in [-0.2, 0) is 11.2 Å². The molecular weight excluding hydrogens is 343 g/mol. The third kappa shape index (κ3) is 3.83. The van der Waals surface area contributed by atoms with Gasteiger partial charge in [-0.25, -0.2) is 0 Å². The van der Waals surface area contributed by atoms with E-state index in [-0.39, 0.29) is 5.57 Å². The summed E-state index contributed by atoms with van der Waals surface area (Å²) in [7, 11) is 0. The van der Waals surface area contributed by atoms with Crippen molar-refractivity contribution in [3.05, 3.63) is 44.4 Å². The molecule has 0 fully saturated rings. The molecule has 0 saturated heterocycles. The summed E-state index contributed by atoms with van der Waals surface area (Å²) >= 11 is 13.3. The van der Waals surface area contributed by atoms with Gasteiger partial charge in [-0.1, -0.05) is 47.5 Å². The number of benzene rings is 1. The minimum Gasteiger partial charge on any atom is -0.296 e. The fourth-order valence-electron chi connectivity index (χ4n) is 1.55. The van der Waals surface area contributed by atoms with Crippen LogP contribution in [0, 0.1) is 11.3 Å². The molecule has 1 aromatic heterocycles. The quantitative estimate of drug-likeness (QED) is 0.667. The van der Waals surface area contributed by atoms with E-state index in [0.29, 0.717) is 20.7 Å². The van der Waals surface area contributed by atoms with Crippen LogP contribution in [0.2, 0.25) is 10.0 Å². The Morgan fingerprint density at radius 1 is 1.41 bits per heavy atom. The van der Waals surface area contributed by atoms with E-state index in [4.69, 9.17) is 23.2 Å². The molecule has 8 heteroatoms. The number of hydrogen-bond donors (Lipinski definition) is 1. The van der Waals surface area contributed by atoms with Gasteiger partial charge < -0.3 is 0 Å². The predicted octanol–water partition coefficient (Wildman–Crippen LogP) is 3.95. The second-order valence-corrected chi connectivity index (χ2v) is 5.99. The van der Waals surface area contributed by atoms with E-state index < -0.39 is 5.91 Å². The molecule has 0 aliphatic carbocycles. The zero-order chi connectivity index (χ0) is 16.1. The highest BCUT2D eigenvalue weighted by Gasteiger charge is 2.14. The van der Waals surface area contributed by atoms with Crippen molar-refractivity contribution >= 4 is 51.7 Å². The molecule has 5 nitrogen and oxygen atoms in total. The Bertz CT molecular complexity index is 759. The zero-order valence-electron chi connectivity index (χ0n) is 11.4. The van der Waals surface area contributed by atoms with Crippen LogP contribution >= 0.6 is 34.5 Å². The predicted molar refractivity (Wildman–Crippen MR) is 88.0 cm³/mol. The number of nitrogens with one attached hydrogen (secondary N) is 1. The lowest BCUT2D eigenvalue weighted by Crippen LogP contribution is -2.13. The molecule has 0 bridgehead atoms. The summed E-state index contributed by atoms with van der Waals surface area (Å²) in [5.74, 6) is -0.586. The molecule has 0 aliphatic heterocycles. The Morgan fingerprint density at radius 2 is 2.09 bits per heavy atom. The van der Waals surface area contributed by atoms with Crippen LogP contribution in [0.15, 0.2) is 23.8 Å². The standard InChI is InChI=1S/C14H10Cl2N4OS/c1-2-12-19-20-14(22-12)18-13(21)8(7-17)6-9-10(15)4-3-5-11(9)16/h3-6H,2H2,1H3,(H,18,20,21)/b8-6-. The average molecular weight is 353 g/mol. The number of aryl methyl sites for hydroxylation is 1. The van der Waals surface area contributed by atoms with Crippen molar-refractivity contribution < 1.29 is 4.79 Å². The first-order valence-corrected chi connectivity index (χ1v) is 7.82. The van der Waals surface area contributed by atoms with Gasteiger partial charge in [0.25, 0.3) is 5.91 Å². The van der Waals surface area contributed by atoms with E-state index in [1.165, 1.54) is 17.4 Å². The van der Waals surface area contributed by atoms with Gasteiger partial charge in [-0.15, -0.1) is 10.2 Å². The normalized spacial score (nSPS) is 11.1. The van der Waals surface area contributed by atoms with Gasteiger partial charge in [0.2, 0.25) is 5.13 Å². The van der Waals surface area contributed by atoms with Gasteiger partial charge in [0.1, 0.15) is 16.6 Å². The molecule has 0 spiro atoms. The van der Waals surface area contributed by atoms with Gasteiger partial charge in [0.05, 0.1) is 0 Å². The van der Waals surface area contributed by atoms with E-state index in [0.717, 1.165) is 11.4 Å². The molecule has 22 heavy (non-hydrogen) atoms. The molecule has 112 valence electrons. The van der Waals surface area contributed by atoms with E-state index in [1.54, 1.807) is 18.2 Å². The summed E-state index contributed by atoms with van der Waals surface area (Å²) in [4.78, 5) is 12.1. The molecule has 2 rings (SSSR count). The van der Waals surface area contributed by atoms with E-state index in [2.05, 4.69) is 15.5 Å². The number of carbonyl (C=O) groups excluding carboxylic acids is 1. The maximum atomic E-state index is 12.1. The molecule has 0 radical (unpaired) electrons. The fraction of sp³-hybridized carbons (Fsp3) is 0.143. The number of nitrogens with zero attached hydrogens (tertiary/aromatic N) is 3. The summed E-state index contributed by atoms with van der Waals surface area (Å²) in [6.07, 6.45) is 2.07. The highest BCUT2D eigenvalue weighted by molar-refractivity contribution is 7.15. The van der Waals surface area contributed by atoms with Crippen molar-refractivity contribution in [2.24, 2.45) is 0 Å². The van der Waals surface area contributed by atoms with Crippen molar-refractivity contribution in [2.75, 3.05) is 5.32 Å². The van der Waals surface area contributed by atoms with Crippen LogP contribution in [0.1, 0.15) is 17.5 Å². The van der Waals surface area contributed by atoms with Crippen LogP contribution in [0.5, 0.6) is 0 Å². The molecule has 1 amide bonds. The number of halogens is 2. The van der Waals surface area contributed by atoms with Crippen molar-refractivity contribution in [2.45, 2.75) is 13.3 Å². The largest absolute Gasteiger partial charge is 0.296 e. The highest BCUT2D eigenvalue weighted by Crippen LogP contribution is 2.27. The summed E-state index contributed by atoms with van der Waals surface area (Å²) in [6, 6.07) is 6.78. The van der Waals surface area contributed by atoms with E-state index >= 15 is 0 Å². The van der Waals surface area contributed by atoms with Gasteiger partial charge >= 0.3 is 0 Å². The second-order valence-electron chi connectivity index (χ2n) is 4.11. The molecule has 0 aliphatic rings. The number of rotatable bonds is 4. The van der Waals surface area contributed by atoms with Crippen molar-refractivity contribution in [1.29, 1.82) is 5.26 Å². The Hall–Kier alpha value is -1.94. The maximum Gasteiger partial charge on any atom is 0.268 e. The Morgan fingerprint density at radius 3 is 2.64 bits per heavy atom. The first-order valence-electron chi connectivity index (χ1n) is 6.24. The number of anilines is 1. The van der Waals surface area contributed by atoms with Gasteiger partial charge in [0, 0.05) is 15.6 Å². The molecule has 0 saturated carbocycles.